The maximum absolute atomic E-state index is 12.4. The Morgan fingerprint density at radius 3 is 1.17 bits per heavy atom. The maximum atomic E-state index is 12.4. The summed E-state index contributed by atoms with van der Waals surface area (Å²) in [7, 11) is -4.65. The van der Waals surface area contributed by atoms with Crippen molar-refractivity contribution in [1.82, 2.24) is 0 Å². The topological polar surface area (TPSA) is 149 Å². The summed E-state index contributed by atoms with van der Waals surface area (Å²) in [5.41, 5.74) is 0. The summed E-state index contributed by atoms with van der Waals surface area (Å²) in [5, 5.41) is 19.2. The number of esters is 2. The van der Waals surface area contributed by atoms with Crippen molar-refractivity contribution >= 4 is 19.8 Å². The average molecular weight is 865 g/mol. The summed E-state index contributed by atoms with van der Waals surface area (Å²) < 4.78 is 32.6. The lowest BCUT2D eigenvalue weighted by Gasteiger charge is -2.20. The van der Waals surface area contributed by atoms with Crippen molar-refractivity contribution in [2.24, 2.45) is 0 Å². The molecule has 0 amide bonds. The molecule has 3 atom stereocenters. The van der Waals surface area contributed by atoms with Gasteiger partial charge in [0, 0.05) is 12.8 Å². The quantitative estimate of drug-likeness (QED) is 0.0234. The molecule has 0 aliphatic rings. The molecule has 60 heavy (non-hydrogen) atoms. The number of hydrogen-bond acceptors (Lipinski definition) is 9. The second-order valence-corrected chi connectivity index (χ2v) is 16.8. The number of phosphoric ester groups is 1. The van der Waals surface area contributed by atoms with Gasteiger partial charge in [-0.25, -0.2) is 4.57 Å². The lowest BCUT2D eigenvalue weighted by atomic mass is 10.1. The standard InChI is InChI=1S/C49H85O10P/c1-3-5-7-9-11-13-15-17-19-21-23-25-27-29-31-33-35-37-39-41-49(53)59-47(43-51)45-57-60(54,55)56-44-46(42-50)58-48(52)40-38-36-34-32-30-28-26-24-22-20-18-16-14-12-10-8-6-4-2/h5,7,11,13,17,19-20,22-23,25,29,31,46-47,50-51H,3-4,6,8-10,12,14-16,18,21,24,26-28,30,32-45H2,1-2H3,(H,54,55)/b7-5-,13-11-,19-17-,22-20-,25-23-,31-29-. The number of carbonyl (C=O) groups is 2. The van der Waals surface area contributed by atoms with Crippen molar-refractivity contribution in [2.75, 3.05) is 26.4 Å². The third-order valence-electron chi connectivity index (χ3n) is 9.65. The van der Waals surface area contributed by atoms with Crippen LogP contribution in [0.15, 0.2) is 72.9 Å². The van der Waals surface area contributed by atoms with Gasteiger partial charge in [-0.15, -0.1) is 0 Å². The van der Waals surface area contributed by atoms with E-state index >= 15 is 0 Å². The highest BCUT2D eigenvalue weighted by Gasteiger charge is 2.27. The van der Waals surface area contributed by atoms with Crippen LogP contribution in [0.1, 0.15) is 187 Å². The second-order valence-electron chi connectivity index (χ2n) is 15.4. The van der Waals surface area contributed by atoms with Crippen molar-refractivity contribution in [3.8, 4) is 0 Å². The van der Waals surface area contributed by atoms with Crippen molar-refractivity contribution in [2.45, 2.75) is 199 Å². The van der Waals surface area contributed by atoms with Crippen LogP contribution in [0.4, 0.5) is 0 Å². The number of phosphoric acid groups is 1. The molecule has 0 heterocycles. The Kier molecular flexibility index (Phi) is 42.5. The normalized spacial score (nSPS) is 14.4. The smallest absolute Gasteiger partial charge is 0.457 e. The minimum Gasteiger partial charge on any atom is -0.457 e. The first kappa shape index (κ1) is 57.4. The largest absolute Gasteiger partial charge is 0.472 e. The van der Waals surface area contributed by atoms with Gasteiger partial charge in [-0.05, 0) is 83.5 Å². The van der Waals surface area contributed by atoms with Crippen LogP contribution in [-0.4, -0.2) is 65.7 Å². The Labute approximate surface area is 365 Å². The highest BCUT2D eigenvalue weighted by atomic mass is 31.2. The van der Waals surface area contributed by atoms with Gasteiger partial charge in [0.25, 0.3) is 0 Å². The molecule has 0 spiro atoms. The van der Waals surface area contributed by atoms with Crippen LogP contribution in [0.3, 0.4) is 0 Å². The SMILES string of the molecule is CC/C=C\C/C=C\C/C=C\C/C=C\C/C=C\CCCCCC(=O)OC(CO)COP(=O)(O)OCC(CO)OC(=O)CCCCCCCCC/C=C\CCCCCCCCC. The van der Waals surface area contributed by atoms with Gasteiger partial charge in [0.1, 0.15) is 12.2 Å². The number of carbonyl (C=O) groups excluding carboxylic acids is 2. The van der Waals surface area contributed by atoms with Gasteiger partial charge in [-0.3, -0.25) is 18.6 Å². The van der Waals surface area contributed by atoms with Gasteiger partial charge >= 0.3 is 19.8 Å². The monoisotopic (exact) mass is 865 g/mol. The third-order valence-corrected chi connectivity index (χ3v) is 10.6. The lowest BCUT2D eigenvalue weighted by molar-refractivity contribution is -0.153. The molecule has 0 aromatic carbocycles. The van der Waals surface area contributed by atoms with Gasteiger partial charge in [0.15, 0.2) is 0 Å². The molecule has 3 unspecified atom stereocenters. The van der Waals surface area contributed by atoms with E-state index in [4.69, 9.17) is 18.5 Å². The highest BCUT2D eigenvalue weighted by molar-refractivity contribution is 7.47. The zero-order valence-corrected chi connectivity index (χ0v) is 38.5. The maximum Gasteiger partial charge on any atom is 0.472 e. The fourth-order valence-corrected chi connectivity index (χ4v) is 6.86. The predicted molar refractivity (Wildman–Crippen MR) is 247 cm³/mol. The molecule has 0 fully saturated rings. The fourth-order valence-electron chi connectivity index (χ4n) is 6.08. The summed E-state index contributed by atoms with van der Waals surface area (Å²) in [4.78, 5) is 34.6. The number of rotatable bonds is 43. The molecule has 0 bridgehead atoms. The molecule has 10 nitrogen and oxygen atoms in total. The summed E-state index contributed by atoms with van der Waals surface area (Å²) in [5.74, 6) is -1.06. The molecule has 0 saturated carbocycles. The molecule has 0 saturated heterocycles. The first-order valence-corrected chi connectivity index (χ1v) is 24.9. The number of allylic oxidation sites excluding steroid dienone is 12. The van der Waals surface area contributed by atoms with Crippen LogP contribution >= 0.6 is 7.82 Å². The predicted octanol–water partition coefficient (Wildman–Crippen LogP) is 12.8. The first-order valence-electron chi connectivity index (χ1n) is 23.4. The number of unbranched alkanes of at least 4 members (excludes halogenated alkanes) is 17. The van der Waals surface area contributed by atoms with E-state index < -0.39 is 58.4 Å². The van der Waals surface area contributed by atoms with Crippen LogP contribution in [-0.2, 0) is 32.7 Å². The molecule has 0 aromatic rings. The molecule has 0 aliphatic carbocycles. The fraction of sp³-hybridized carbons (Fsp3) is 0.714. The van der Waals surface area contributed by atoms with Crippen molar-refractivity contribution in [3.05, 3.63) is 72.9 Å². The minimum absolute atomic E-state index is 0.149. The molecule has 3 N–H and O–H groups in total. The van der Waals surface area contributed by atoms with Gasteiger partial charge in [-0.2, -0.15) is 0 Å². The molecule has 0 aliphatic heterocycles. The van der Waals surface area contributed by atoms with E-state index in [2.05, 4.69) is 86.8 Å². The highest BCUT2D eigenvalue weighted by Crippen LogP contribution is 2.43. The zero-order chi connectivity index (χ0) is 44.0. The van der Waals surface area contributed by atoms with Gasteiger partial charge < -0.3 is 24.6 Å². The summed E-state index contributed by atoms with van der Waals surface area (Å²) >= 11 is 0. The van der Waals surface area contributed by atoms with Crippen LogP contribution in [0.2, 0.25) is 0 Å². The molecule has 0 rings (SSSR count). The van der Waals surface area contributed by atoms with E-state index in [1.807, 2.05) is 0 Å². The van der Waals surface area contributed by atoms with E-state index in [0.29, 0.717) is 12.8 Å². The number of hydrogen-bond donors (Lipinski definition) is 3. The summed E-state index contributed by atoms with van der Waals surface area (Å²) in [6, 6.07) is 0. The molecular formula is C49H85O10P. The molecule has 0 radical (unpaired) electrons. The third kappa shape index (κ3) is 42.1. The minimum atomic E-state index is -4.65. The summed E-state index contributed by atoms with van der Waals surface area (Å²) in [6.07, 6.45) is 51.6. The Balaban J connectivity index is 3.96. The van der Waals surface area contributed by atoms with E-state index in [0.717, 1.165) is 77.0 Å². The van der Waals surface area contributed by atoms with Crippen molar-refractivity contribution < 1.29 is 47.8 Å². The lowest BCUT2D eigenvalue weighted by Crippen LogP contribution is -2.28. The van der Waals surface area contributed by atoms with Crippen LogP contribution < -0.4 is 0 Å². The molecule has 0 aromatic heterocycles. The van der Waals surface area contributed by atoms with Crippen LogP contribution in [0.25, 0.3) is 0 Å². The van der Waals surface area contributed by atoms with Gasteiger partial charge in [0.2, 0.25) is 0 Å². The molecule has 11 heteroatoms. The van der Waals surface area contributed by atoms with Gasteiger partial charge in [0.05, 0.1) is 26.4 Å². The number of ether oxygens (including phenoxy) is 2. The first-order chi connectivity index (χ1) is 29.3. The average Bonchev–Trinajstić information content (AvgIpc) is 3.24. The zero-order valence-electron chi connectivity index (χ0n) is 37.6. The molecular weight excluding hydrogens is 780 g/mol. The Morgan fingerprint density at radius 1 is 0.467 bits per heavy atom. The Morgan fingerprint density at radius 2 is 0.783 bits per heavy atom. The molecule has 346 valence electrons. The van der Waals surface area contributed by atoms with Crippen molar-refractivity contribution in [1.29, 1.82) is 0 Å². The van der Waals surface area contributed by atoms with Crippen molar-refractivity contribution in [3.63, 3.8) is 0 Å². The Hall–Kier alpha value is -2.59. The Bertz CT molecular complexity index is 1220. The second kappa shape index (κ2) is 44.5. The van der Waals surface area contributed by atoms with Crippen LogP contribution in [0.5, 0.6) is 0 Å². The van der Waals surface area contributed by atoms with E-state index in [1.165, 1.54) is 70.6 Å². The van der Waals surface area contributed by atoms with Gasteiger partial charge in [-0.1, -0.05) is 164 Å². The van der Waals surface area contributed by atoms with E-state index in [1.54, 1.807) is 0 Å². The van der Waals surface area contributed by atoms with E-state index in [9.17, 15) is 29.3 Å². The summed E-state index contributed by atoms with van der Waals surface area (Å²) in [6.45, 7) is 2.05. The van der Waals surface area contributed by atoms with E-state index in [-0.39, 0.29) is 12.8 Å². The number of aliphatic hydroxyl groups excluding tert-OH is 2. The van der Waals surface area contributed by atoms with Crippen LogP contribution in [0, 0.1) is 0 Å². The number of aliphatic hydroxyl groups is 2.